The van der Waals surface area contributed by atoms with Gasteiger partial charge < -0.3 is 25.6 Å². The summed E-state index contributed by atoms with van der Waals surface area (Å²) in [5.41, 5.74) is 2.52. The van der Waals surface area contributed by atoms with E-state index in [-0.39, 0.29) is 34.5 Å². The highest BCUT2D eigenvalue weighted by Gasteiger charge is 2.27. The lowest BCUT2D eigenvalue weighted by atomic mass is 10.1. The monoisotopic (exact) mass is 496 g/mol. The van der Waals surface area contributed by atoms with Crippen LogP contribution in [0.3, 0.4) is 0 Å². The van der Waals surface area contributed by atoms with Gasteiger partial charge in [-0.05, 0) is 36.4 Å². The van der Waals surface area contributed by atoms with Crippen LogP contribution in [0.15, 0.2) is 65.7 Å². The molecule has 34 heavy (non-hydrogen) atoms. The molecule has 0 radical (unpaired) electrons. The van der Waals surface area contributed by atoms with Gasteiger partial charge in [0.05, 0.1) is 28.7 Å². The minimum absolute atomic E-state index is 0.0170. The Kier molecular flexibility index (Phi) is 5.80. The molecule has 10 heteroatoms. The second-order valence-electron chi connectivity index (χ2n) is 7.64. The molecule has 0 atom stereocenters. The molecule has 7 nitrogen and oxygen atoms in total. The average Bonchev–Trinajstić information content (AvgIpc) is 3.23. The van der Waals surface area contributed by atoms with E-state index in [9.17, 15) is 19.1 Å². The number of aromatic hydroxyl groups is 1. The fourth-order valence-corrected chi connectivity index (χ4v) is 4.93. The van der Waals surface area contributed by atoms with Crippen LogP contribution in [-0.2, 0) is 11.3 Å². The molecule has 2 heterocycles. The van der Waals surface area contributed by atoms with Crippen LogP contribution in [-0.4, -0.2) is 27.8 Å². The predicted octanol–water partition coefficient (Wildman–Crippen LogP) is 5.95. The van der Waals surface area contributed by atoms with Crippen LogP contribution < -0.4 is 15.5 Å². The number of aromatic nitrogens is 1. The molecule has 172 valence electrons. The van der Waals surface area contributed by atoms with Crippen LogP contribution in [0.4, 0.5) is 26.2 Å². The Morgan fingerprint density at radius 2 is 2.00 bits per heavy atom. The molecular formula is C24H18ClFN4O3S. The number of rotatable bonds is 4. The first-order valence-electron chi connectivity index (χ1n) is 10.3. The van der Waals surface area contributed by atoms with Gasteiger partial charge in [-0.15, -0.1) is 11.8 Å². The molecule has 0 unspecified atom stereocenters. The van der Waals surface area contributed by atoms with Crippen molar-refractivity contribution < 1.29 is 19.1 Å². The lowest BCUT2D eigenvalue weighted by Gasteiger charge is -2.30. The Balaban J connectivity index is 1.39. The van der Waals surface area contributed by atoms with Crippen LogP contribution in [0.2, 0.25) is 5.02 Å². The number of carbonyl (C=O) groups excluding carboxylic acids is 2. The van der Waals surface area contributed by atoms with Gasteiger partial charge in [-0.1, -0.05) is 29.8 Å². The van der Waals surface area contributed by atoms with Crippen LogP contribution in [0.5, 0.6) is 5.75 Å². The molecule has 4 N–H and O–H groups in total. The molecule has 0 aliphatic carbocycles. The summed E-state index contributed by atoms with van der Waals surface area (Å²) < 4.78 is 14.4. The molecule has 0 saturated heterocycles. The number of phenolic OH excluding ortho intramolecular Hbond substituents is 1. The predicted molar refractivity (Wildman–Crippen MR) is 132 cm³/mol. The maximum Gasteiger partial charge on any atom is 0.323 e. The molecule has 0 fully saturated rings. The number of H-pyrrole nitrogens is 1. The molecule has 3 amide bonds. The van der Waals surface area contributed by atoms with Crippen molar-refractivity contribution >= 4 is 63.3 Å². The quantitative estimate of drug-likeness (QED) is 0.280. The van der Waals surface area contributed by atoms with E-state index in [1.807, 2.05) is 24.3 Å². The van der Waals surface area contributed by atoms with Gasteiger partial charge in [0, 0.05) is 33.2 Å². The largest absolute Gasteiger partial charge is 0.506 e. The number of benzene rings is 3. The van der Waals surface area contributed by atoms with Crippen LogP contribution >= 0.6 is 23.4 Å². The smallest absolute Gasteiger partial charge is 0.323 e. The van der Waals surface area contributed by atoms with Crippen molar-refractivity contribution in [1.82, 2.24) is 4.98 Å². The van der Waals surface area contributed by atoms with Crippen molar-refractivity contribution in [3.63, 3.8) is 0 Å². The summed E-state index contributed by atoms with van der Waals surface area (Å²) in [6.07, 6.45) is 1.71. The Bertz CT molecular complexity index is 1440. The van der Waals surface area contributed by atoms with Gasteiger partial charge >= 0.3 is 6.03 Å². The molecule has 0 spiro atoms. The summed E-state index contributed by atoms with van der Waals surface area (Å²) in [5.74, 6) is -0.945. The lowest BCUT2D eigenvalue weighted by molar-refractivity contribution is -0.116. The van der Waals surface area contributed by atoms with Crippen molar-refractivity contribution in [2.45, 2.75) is 11.4 Å². The van der Waals surface area contributed by atoms with E-state index in [1.165, 1.54) is 16.7 Å². The van der Waals surface area contributed by atoms with Gasteiger partial charge in [0.1, 0.15) is 11.6 Å². The molecule has 1 aromatic heterocycles. The maximum absolute atomic E-state index is 14.4. The third kappa shape index (κ3) is 4.15. The number of hydrogen-bond acceptors (Lipinski definition) is 4. The highest BCUT2D eigenvalue weighted by Crippen LogP contribution is 2.39. The molecule has 0 bridgehead atoms. The molecule has 1 aliphatic rings. The van der Waals surface area contributed by atoms with E-state index in [0.717, 1.165) is 27.9 Å². The van der Waals surface area contributed by atoms with E-state index in [2.05, 4.69) is 15.6 Å². The van der Waals surface area contributed by atoms with Gasteiger partial charge in [0.25, 0.3) is 0 Å². The van der Waals surface area contributed by atoms with Crippen molar-refractivity contribution in [3.05, 3.63) is 77.2 Å². The Morgan fingerprint density at radius 3 is 2.85 bits per heavy atom. The summed E-state index contributed by atoms with van der Waals surface area (Å²) in [5, 5.41) is 16.2. The van der Waals surface area contributed by atoms with E-state index in [4.69, 9.17) is 11.6 Å². The summed E-state index contributed by atoms with van der Waals surface area (Å²) in [6, 6.07) is 14.6. The average molecular weight is 497 g/mol. The maximum atomic E-state index is 14.4. The topological polar surface area (TPSA) is 97.5 Å². The van der Waals surface area contributed by atoms with Gasteiger partial charge in [0.2, 0.25) is 5.91 Å². The minimum Gasteiger partial charge on any atom is -0.506 e. The molecule has 4 aromatic rings. The molecule has 3 aromatic carbocycles. The van der Waals surface area contributed by atoms with Crippen LogP contribution in [0.25, 0.3) is 10.9 Å². The fourth-order valence-electron chi connectivity index (χ4n) is 3.80. The molecule has 0 saturated carbocycles. The zero-order valence-electron chi connectivity index (χ0n) is 17.6. The number of thioether (sulfide) groups is 1. The SMILES string of the molecule is O=C(Nc1ccc2c(c1)N(Cc1c(F)ccc(O)c1Cl)C(=O)CS2)Nc1c[nH]c2ccccc12. The number of para-hydroxylation sites is 1. The number of hydrogen-bond donors (Lipinski definition) is 4. The van der Waals surface area contributed by atoms with Crippen LogP contribution in [0.1, 0.15) is 5.56 Å². The zero-order chi connectivity index (χ0) is 23.8. The van der Waals surface area contributed by atoms with Crippen molar-refractivity contribution in [2.75, 3.05) is 21.3 Å². The van der Waals surface area contributed by atoms with Crippen LogP contribution in [0, 0.1) is 5.82 Å². The summed E-state index contributed by atoms with van der Waals surface area (Å²) in [7, 11) is 0. The number of nitrogens with one attached hydrogen (secondary N) is 3. The number of amides is 3. The molecule has 5 rings (SSSR count). The standard InChI is InChI=1S/C24H18ClFN4O3S/c25-23-15(16(26)6-7-20(23)31)11-30-19-9-13(5-8-21(19)34-12-22(30)32)28-24(33)29-18-10-27-17-4-2-1-3-14(17)18/h1-10,27,31H,11-12H2,(H2,28,29,33). The number of urea groups is 1. The number of nitrogens with zero attached hydrogens (tertiary/aromatic N) is 1. The summed E-state index contributed by atoms with van der Waals surface area (Å²) in [6.45, 7) is -0.156. The molecule has 1 aliphatic heterocycles. The Labute approximate surface area is 202 Å². The second-order valence-corrected chi connectivity index (χ2v) is 9.03. The fraction of sp³-hybridized carbons (Fsp3) is 0.0833. The number of aromatic amines is 1. The van der Waals surface area contributed by atoms with Gasteiger partial charge in [0.15, 0.2) is 0 Å². The van der Waals surface area contributed by atoms with E-state index < -0.39 is 11.8 Å². The van der Waals surface area contributed by atoms with Crippen molar-refractivity contribution in [1.29, 1.82) is 0 Å². The Morgan fingerprint density at radius 1 is 1.18 bits per heavy atom. The number of anilines is 3. The van der Waals surface area contributed by atoms with Gasteiger partial charge in [-0.25, -0.2) is 9.18 Å². The first-order chi connectivity index (χ1) is 16.4. The first kappa shape index (κ1) is 22.1. The number of fused-ring (bicyclic) bond motifs is 2. The normalized spacial score (nSPS) is 13.1. The van der Waals surface area contributed by atoms with E-state index in [1.54, 1.807) is 24.4 Å². The molecular weight excluding hydrogens is 479 g/mol. The highest BCUT2D eigenvalue weighted by molar-refractivity contribution is 8.00. The first-order valence-corrected chi connectivity index (χ1v) is 11.6. The zero-order valence-corrected chi connectivity index (χ0v) is 19.1. The summed E-state index contributed by atoms with van der Waals surface area (Å²) in [4.78, 5) is 30.7. The second kappa shape index (κ2) is 8.92. The highest BCUT2D eigenvalue weighted by atomic mass is 35.5. The van der Waals surface area contributed by atoms with Gasteiger partial charge in [-0.2, -0.15) is 0 Å². The van der Waals surface area contributed by atoms with Crippen molar-refractivity contribution in [2.24, 2.45) is 0 Å². The Hall–Kier alpha value is -3.69. The third-order valence-corrected chi connectivity index (χ3v) is 6.95. The lowest BCUT2D eigenvalue weighted by Crippen LogP contribution is -2.35. The number of halogens is 2. The number of phenols is 1. The van der Waals surface area contributed by atoms with E-state index >= 15 is 0 Å². The summed E-state index contributed by atoms with van der Waals surface area (Å²) >= 11 is 7.46. The number of carbonyl (C=O) groups is 2. The van der Waals surface area contributed by atoms with E-state index in [0.29, 0.717) is 17.1 Å². The third-order valence-electron chi connectivity index (χ3n) is 5.48. The van der Waals surface area contributed by atoms with Gasteiger partial charge in [-0.3, -0.25) is 4.79 Å². The van der Waals surface area contributed by atoms with Crippen molar-refractivity contribution in [3.8, 4) is 5.75 Å². The minimum atomic E-state index is -0.622.